The molecule has 1 aromatic heterocycles. The molecular weight excluding hydrogens is 464 g/mol. The van der Waals surface area contributed by atoms with E-state index in [0.29, 0.717) is 34.5 Å². The van der Waals surface area contributed by atoms with Crippen molar-refractivity contribution in [1.82, 2.24) is 19.7 Å². The first-order valence-corrected chi connectivity index (χ1v) is 12.0. The lowest BCUT2D eigenvalue weighted by molar-refractivity contribution is 0.0684. The van der Waals surface area contributed by atoms with Crippen LogP contribution >= 0.6 is 11.8 Å². The monoisotopic (exact) mass is 486 g/mol. The number of hydrogen-bond acceptors (Lipinski definition) is 7. The number of carbonyl (C=O) groups excluding carboxylic acids is 2. The maximum absolute atomic E-state index is 12.8. The summed E-state index contributed by atoms with van der Waals surface area (Å²) in [4.78, 5) is 26.8. The predicted molar refractivity (Wildman–Crippen MR) is 132 cm³/mol. The number of imide groups is 1. The standard InChI is InChI=1S/C26H22N4O4S/c1-3-34-19-13-11-18(12-14-19)30-23(17-7-6-8-20(15-17)33-2)27-28-26(30)35-16-29-24(31)21-9-4-5-10-22(21)25(29)32/h4-15H,3,16H2,1-2H3. The molecule has 35 heavy (non-hydrogen) atoms. The minimum absolute atomic E-state index is 0.111. The van der Waals surface area contributed by atoms with Crippen molar-refractivity contribution < 1.29 is 19.1 Å². The van der Waals surface area contributed by atoms with E-state index < -0.39 is 0 Å². The minimum Gasteiger partial charge on any atom is -0.497 e. The van der Waals surface area contributed by atoms with Crippen LogP contribution in [0.2, 0.25) is 0 Å². The summed E-state index contributed by atoms with van der Waals surface area (Å²) in [5.41, 5.74) is 2.48. The molecule has 9 heteroatoms. The number of hydrogen-bond donors (Lipinski definition) is 0. The summed E-state index contributed by atoms with van der Waals surface area (Å²) in [6.07, 6.45) is 0. The van der Waals surface area contributed by atoms with E-state index in [0.717, 1.165) is 17.0 Å². The van der Waals surface area contributed by atoms with Crippen LogP contribution in [0.4, 0.5) is 0 Å². The number of nitrogens with zero attached hydrogens (tertiary/aromatic N) is 4. The van der Waals surface area contributed by atoms with Gasteiger partial charge in [-0.25, -0.2) is 0 Å². The highest BCUT2D eigenvalue weighted by Gasteiger charge is 2.35. The van der Waals surface area contributed by atoms with Crippen LogP contribution in [0, 0.1) is 0 Å². The fourth-order valence-corrected chi connectivity index (χ4v) is 4.78. The van der Waals surface area contributed by atoms with Crippen molar-refractivity contribution >= 4 is 23.6 Å². The van der Waals surface area contributed by atoms with Crippen molar-refractivity contribution in [3.05, 3.63) is 83.9 Å². The van der Waals surface area contributed by atoms with Gasteiger partial charge in [0.2, 0.25) is 0 Å². The molecule has 0 unspecified atom stereocenters. The summed E-state index contributed by atoms with van der Waals surface area (Å²) in [6, 6.07) is 22.0. The molecule has 8 nitrogen and oxygen atoms in total. The number of fused-ring (bicyclic) bond motifs is 1. The van der Waals surface area contributed by atoms with E-state index in [1.807, 2.05) is 60.0 Å². The van der Waals surface area contributed by atoms with Gasteiger partial charge in [0.1, 0.15) is 11.5 Å². The lowest BCUT2D eigenvalue weighted by atomic mass is 10.1. The SMILES string of the molecule is CCOc1ccc(-n2c(SCN3C(=O)c4ccccc4C3=O)nnc2-c2cccc(OC)c2)cc1. The molecule has 0 atom stereocenters. The Labute approximate surface area is 206 Å². The number of ether oxygens (including phenoxy) is 2. The summed E-state index contributed by atoms with van der Waals surface area (Å²) in [5.74, 6) is 1.56. The fourth-order valence-electron chi connectivity index (χ4n) is 3.88. The first-order valence-electron chi connectivity index (χ1n) is 11.0. The van der Waals surface area contributed by atoms with Gasteiger partial charge < -0.3 is 9.47 Å². The van der Waals surface area contributed by atoms with Crippen LogP contribution < -0.4 is 9.47 Å². The van der Waals surface area contributed by atoms with Crippen molar-refractivity contribution in [1.29, 1.82) is 0 Å². The normalized spacial score (nSPS) is 12.7. The van der Waals surface area contributed by atoms with Crippen LogP contribution in [0.3, 0.4) is 0 Å². The molecule has 3 aromatic carbocycles. The smallest absolute Gasteiger partial charge is 0.262 e. The number of amides is 2. The van der Waals surface area contributed by atoms with Crippen LogP contribution in [0.5, 0.6) is 11.5 Å². The number of benzene rings is 3. The van der Waals surface area contributed by atoms with Crippen molar-refractivity contribution in [2.24, 2.45) is 0 Å². The maximum atomic E-state index is 12.8. The molecule has 5 rings (SSSR count). The quantitative estimate of drug-likeness (QED) is 0.264. The summed E-state index contributed by atoms with van der Waals surface area (Å²) in [5, 5.41) is 9.38. The van der Waals surface area contributed by atoms with Crippen molar-refractivity contribution in [3.8, 4) is 28.6 Å². The molecule has 1 aliphatic rings. The first-order chi connectivity index (χ1) is 17.1. The largest absolute Gasteiger partial charge is 0.497 e. The van der Waals surface area contributed by atoms with Crippen LogP contribution in [0.15, 0.2) is 78.0 Å². The zero-order valence-electron chi connectivity index (χ0n) is 19.2. The van der Waals surface area contributed by atoms with E-state index in [9.17, 15) is 9.59 Å². The van der Waals surface area contributed by atoms with Gasteiger partial charge in [0.15, 0.2) is 11.0 Å². The van der Waals surface area contributed by atoms with Crippen molar-refractivity contribution in [3.63, 3.8) is 0 Å². The molecule has 2 heterocycles. The van der Waals surface area contributed by atoms with E-state index >= 15 is 0 Å². The van der Waals surface area contributed by atoms with Gasteiger partial charge in [0.05, 0.1) is 30.7 Å². The number of rotatable bonds is 8. The average Bonchev–Trinajstić information content (AvgIpc) is 3.42. The van der Waals surface area contributed by atoms with Gasteiger partial charge in [0.25, 0.3) is 11.8 Å². The minimum atomic E-state index is -0.307. The Morgan fingerprint density at radius 2 is 1.57 bits per heavy atom. The second-order valence-electron chi connectivity index (χ2n) is 7.66. The Hall–Kier alpha value is -4.11. The Kier molecular flexibility index (Phi) is 6.24. The first kappa shape index (κ1) is 22.7. The molecule has 0 spiro atoms. The van der Waals surface area contributed by atoms with E-state index in [2.05, 4.69) is 10.2 Å². The Balaban J connectivity index is 1.49. The molecule has 0 fully saturated rings. The van der Waals surface area contributed by atoms with Gasteiger partial charge in [-0.3, -0.25) is 19.1 Å². The third-order valence-electron chi connectivity index (χ3n) is 5.57. The summed E-state index contributed by atoms with van der Waals surface area (Å²) >= 11 is 1.27. The van der Waals surface area contributed by atoms with Gasteiger partial charge in [-0.2, -0.15) is 0 Å². The van der Waals surface area contributed by atoms with Crippen LogP contribution in [0.1, 0.15) is 27.6 Å². The van der Waals surface area contributed by atoms with E-state index in [1.54, 1.807) is 31.4 Å². The third kappa shape index (κ3) is 4.26. The van der Waals surface area contributed by atoms with Gasteiger partial charge in [0, 0.05) is 11.3 Å². The predicted octanol–water partition coefficient (Wildman–Crippen LogP) is 4.69. The Morgan fingerprint density at radius 3 is 2.23 bits per heavy atom. The van der Waals surface area contributed by atoms with Gasteiger partial charge in [-0.1, -0.05) is 36.0 Å². The highest BCUT2D eigenvalue weighted by Crippen LogP contribution is 2.32. The molecule has 0 bridgehead atoms. The fraction of sp³-hybridized carbons (Fsp3) is 0.154. The molecule has 0 aliphatic carbocycles. The lowest BCUT2D eigenvalue weighted by Crippen LogP contribution is -2.29. The summed E-state index contributed by atoms with van der Waals surface area (Å²) in [6.45, 7) is 2.50. The molecule has 0 saturated carbocycles. The molecule has 176 valence electrons. The number of thioether (sulfide) groups is 1. The van der Waals surface area contributed by atoms with Crippen LogP contribution in [-0.2, 0) is 0 Å². The topological polar surface area (TPSA) is 86.6 Å². The Morgan fingerprint density at radius 1 is 0.857 bits per heavy atom. The van der Waals surface area contributed by atoms with Gasteiger partial charge >= 0.3 is 0 Å². The molecule has 2 amide bonds. The molecule has 0 saturated heterocycles. The van der Waals surface area contributed by atoms with E-state index in [1.165, 1.54) is 16.7 Å². The second kappa shape index (κ2) is 9.63. The van der Waals surface area contributed by atoms with E-state index in [-0.39, 0.29) is 17.7 Å². The van der Waals surface area contributed by atoms with Crippen molar-refractivity contribution in [2.45, 2.75) is 12.1 Å². The zero-order chi connectivity index (χ0) is 24.4. The van der Waals surface area contributed by atoms with E-state index in [4.69, 9.17) is 9.47 Å². The van der Waals surface area contributed by atoms with Crippen molar-refractivity contribution in [2.75, 3.05) is 19.6 Å². The number of carbonyl (C=O) groups is 2. The summed E-state index contributed by atoms with van der Waals surface area (Å²) < 4.78 is 12.9. The molecule has 1 aliphatic heterocycles. The molecule has 4 aromatic rings. The van der Waals surface area contributed by atoms with Gasteiger partial charge in [-0.15, -0.1) is 10.2 Å². The highest BCUT2D eigenvalue weighted by atomic mass is 32.2. The third-order valence-corrected chi connectivity index (χ3v) is 6.48. The van der Waals surface area contributed by atoms with Crippen LogP contribution in [0.25, 0.3) is 17.1 Å². The summed E-state index contributed by atoms with van der Waals surface area (Å²) in [7, 11) is 1.61. The molecular formula is C26H22N4O4S. The number of methoxy groups -OCH3 is 1. The lowest BCUT2D eigenvalue weighted by Gasteiger charge is -2.15. The highest BCUT2D eigenvalue weighted by molar-refractivity contribution is 7.99. The number of aromatic nitrogens is 3. The molecule has 0 radical (unpaired) electrons. The molecule has 0 N–H and O–H groups in total. The Bertz CT molecular complexity index is 1370. The maximum Gasteiger partial charge on any atom is 0.262 e. The second-order valence-corrected chi connectivity index (χ2v) is 8.57. The van der Waals surface area contributed by atoms with Crippen LogP contribution in [-0.4, -0.2) is 51.1 Å². The average molecular weight is 487 g/mol. The van der Waals surface area contributed by atoms with Gasteiger partial charge in [-0.05, 0) is 55.5 Å². The zero-order valence-corrected chi connectivity index (χ0v) is 20.0.